The maximum Gasteiger partial charge on any atom is 0.00794 e. The van der Waals surface area contributed by atoms with E-state index in [1.54, 1.807) is 4.88 Å². The summed E-state index contributed by atoms with van der Waals surface area (Å²) in [6, 6.07) is 4.53. The molecule has 2 heteroatoms. The highest BCUT2D eigenvalue weighted by molar-refractivity contribution is 7.10. The maximum atomic E-state index is 3.65. The van der Waals surface area contributed by atoms with E-state index < -0.39 is 0 Å². The molecule has 1 saturated carbocycles. The summed E-state index contributed by atoms with van der Waals surface area (Å²) in [5, 5.41) is 5.88. The highest BCUT2D eigenvalue weighted by Crippen LogP contribution is 2.39. The molecule has 0 saturated heterocycles. The van der Waals surface area contributed by atoms with E-state index in [1.807, 2.05) is 11.3 Å². The highest BCUT2D eigenvalue weighted by Gasteiger charge is 2.26. The molecule has 2 atom stereocenters. The standard InChI is InChI=1S/C15H25NS/c1-12(2)10-16-11-13-6-3-4-7-14(13)15-8-5-9-17-15/h5,8-9,12-14,16H,3-4,6-7,10-11H2,1-2H3. The van der Waals surface area contributed by atoms with Gasteiger partial charge in [-0.3, -0.25) is 0 Å². The van der Waals surface area contributed by atoms with Gasteiger partial charge in [-0.15, -0.1) is 11.3 Å². The normalized spacial score (nSPS) is 25.4. The van der Waals surface area contributed by atoms with Crippen LogP contribution in [0.15, 0.2) is 17.5 Å². The summed E-state index contributed by atoms with van der Waals surface area (Å²) >= 11 is 1.95. The highest BCUT2D eigenvalue weighted by atomic mass is 32.1. The maximum absolute atomic E-state index is 3.65. The van der Waals surface area contributed by atoms with Crippen LogP contribution in [0.4, 0.5) is 0 Å². The van der Waals surface area contributed by atoms with Crippen LogP contribution < -0.4 is 5.32 Å². The van der Waals surface area contributed by atoms with E-state index in [0.29, 0.717) is 0 Å². The number of hydrogen-bond acceptors (Lipinski definition) is 2. The van der Waals surface area contributed by atoms with Crippen LogP contribution in [0.5, 0.6) is 0 Å². The minimum Gasteiger partial charge on any atom is -0.316 e. The van der Waals surface area contributed by atoms with E-state index in [0.717, 1.165) is 24.3 Å². The lowest BCUT2D eigenvalue weighted by Crippen LogP contribution is -2.31. The van der Waals surface area contributed by atoms with Crippen LogP contribution in [0.25, 0.3) is 0 Å². The molecule has 1 aliphatic carbocycles. The second-order valence-corrected chi connectivity index (χ2v) is 6.70. The smallest absolute Gasteiger partial charge is 0.00794 e. The molecule has 2 unspecified atom stereocenters. The Bertz CT molecular complexity index is 305. The van der Waals surface area contributed by atoms with E-state index in [4.69, 9.17) is 0 Å². The third-order valence-electron chi connectivity index (χ3n) is 3.78. The third kappa shape index (κ3) is 3.82. The largest absolute Gasteiger partial charge is 0.316 e. The van der Waals surface area contributed by atoms with Gasteiger partial charge in [-0.1, -0.05) is 32.8 Å². The molecule has 1 nitrogen and oxygen atoms in total. The Morgan fingerprint density at radius 2 is 2.18 bits per heavy atom. The molecule has 17 heavy (non-hydrogen) atoms. The van der Waals surface area contributed by atoms with Crippen LogP contribution in [0, 0.1) is 11.8 Å². The van der Waals surface area contributed by atoms with Gasteiger partial charge in [0, 0.05) is 4.88 Å². The second kappa shape index (κ2) is 6.55. The van der Waals surface area contributed by atoms with Gasteiger partial charge in [-0.2, -0.15) is 0 Å². The van der Waals surface area contributed by atoms with Crippen molar-refractivity contribution in [2.75, 3.05) is 13.1 Å². The second-order valence-electron chi connectivity index (χ2n) is 5.72. The Morgan fingerprint density at radius 3 is 2.88 bits per heavy atom. The lowest BCUT2D eigenvalue weighted by molar-refractivity contribution is 0.295. The minimum atomic E-state index is 0.763. The first-order chi connectivity index (χ1) is 8.27. The molecule has 2 rings (SSSR count). The zero-order chi connectivity index (χ0) is 12.1. The molecule has 0 spiro atoms. The van der Waals surface area contributed by atoms with Crippen molar-refractivity contribution < 1.29 is 0 Å². The van der Waals surface area contributed by atoms with Crippen molar-refractivity contribution in [2.24, 2.45) is 11.8 Å². The average Bonchev–Trinajstić information content (AvgIpc) is 2.82. The molecule has 0 bridgehead atoms. The Balaban J connectivity index is 1.89. The van der Waals surface area contributed by atoms with Gasteiger partial charge in [0.2, 0.25) is 0 Å². The molecule has 1 heterocycles. The number of hydrogen-bond donors (Lipinski definition) is 1. The van der Waals surface area contributed by atoms with E-state index in [9.17, 15) is 0 Å². The Morgan fingerprint density at radius 1 is 1.35 bits per heavy atom. The summed E-state index contributed by atoms with van der Waals surface area (Å²) in [5.41, 5.74) is 0. The molecular formula is C15H25NS. The molecule has 0 aromatic carbocycles. The van der Waals surface area contributed by atoms with Gasteiger partial charge in [0.05, 0.1) is 0 Å². The van der Waals surface area contributed by atoms with Crippen LogP contribution >= 0.6 is 11.3 Å². The third-order valence-corrected chi connectivity index (χ3v) is 4.78. The lowest BCUT2D eigenvalue weighted by Gasteiger charge is -2.31. The number of thiophene rings is 1. The molecule has 0 amide bonds. The quantitative estimate of drug-likeness (QED) is 0.824. The summed E-state index contributed by atoms with van der Waals surface area (Å²) in [7, 11) is 0. The van der Waals surface area contributed by atoms with E-state index in [1.165, 1.54) is 32.2 Å². The topological polar surface area (TPSA) is 12.0 Å². The Kier molecular flexibility index (Phi) is 5.05. The fourth-order valence-corrected chi connectivity index (χ4v) is 3.84. The van der Waals surface area contributed by atoms with Crippen molar-refractivity contribution in [1.82, 2.24) is 5.32 Å². The molecule has 96 valence electrons. The van der Waals surface area contributed by atoms with Crippen molar-refractivity contribution in [2.45, 2.75) is 45.4 Å². The minimum absolute atomic E-state index is 0.763. The summed E-state index contributed by atoms with van der Waals surface area (Å²) < 4.78 is 0. The SMILES string of the molecule is CC(C)CNCC1CCCCC1c1cccs1. The number of rotatable bonds is 5. The predicted molar refractivity (Wildman–Crippen MR) is 76.7 cm³/mol. The van der Waals surface area contributed by atoms with Gasteiger partial charge >= 0.3 is 0 Å². The van der Waals surface area contributed by atoms with Crippen LogP contribution in [0.3, 0.4) is 0 Å². The van der Waals surface area contributed by atoms with E-state index in [-0.39, 0.29) is 0 Å². The molecule has 0 aliphatic heterocycles. The molecule has 1 aliphatic rings. The average molecular weight is 251 g/mol. The number of nitrogens with one attached hydrogen (secondary N) is 1. The van der Waals surface area contributed by atoms with Crippen LogP contribution in [0.1, 0.15) is 50.3 Å². The Labute approximate surface area is 110 Å². The first-order valence-corrected chi connectivity index (χ1v) is 7.89. The van der Waals surface area contributed by atoms with Crippen molar-refractivity contribution in [3.05, 3.63) is 22.4 Å². The van der Waals surface area contributed by atoms with Crippen molar-refractivity contribution in [3.63, 3.8) is 0 Å². The van der Waals surface area contributed by atoms with Crippen LogP contribution in [0.2, 0.25) is 0 Å². The molecule has 0 radical (unpaired) electrons. The first-order valence-electron chi connectivity index (χ1n) is 7.01. The summed E-state index contributed by atoms with van der Waals surface area (Å²) in [6.45, 7) is 6.93. The Hall–Kier alpha value is -0.340. The zero-order valence-electron chi connectivity index (χ0n) is 11.1. The van der Waals surface area contributed by atoms with Gasteiger partial charge in [0.15, 0.2) is 0 Å². The van der Waals surface area contributed by atoms with Crippen molar-refractivity contribution in [3.8, 4) is 0 Å². The summed E-state index contributed by atoms with van der Waals surface area (Å²) in [5.74, 6) is 2.45. The fraction of sp³-hybridized carbons (Fsp3) is 0.733. The molecule has 1 N–H and O–H groups in total. The van der Waals surface area contributed by atoms with Crippen LogP contribution in [-0.2, 0) is 0 Å². The summed E-state index contributed by atoms with van der Waals surface area (Å²) in [6.07, 6.45) is 5.65. The van der Waals surface area contributed by atoms with E-state index in [2.05, 4.69) is 36.7 Å². The van der Waals surface area contributed by atoms with Crippen LogP contribution in [-0.4, -0.2) is 13.1 Å². The zero-order valence-corrected chi connectivity index (χ0v) is 11.9. The monoisotopic (exact) mass is 251 g/mol. The van der Waals surface area contributed by atoms with E-state index >= 15 is 0 Å². The van der Waals surface area contributed by atoms with Gasteiger partial charge in [-0.05, 0) is 55.1 Å². The van der Waals surface area contributed by atoms with Gasteiger partial charge in [-0.25, -0.2) is 0 Å². The predicted octanol–water partition coefficient (Wildman–Crippen LogP) is 4.27. The van der Waals surface area contributed by atoms with Crippen molar-refractivity contribution in [1.29, 1.82) is 0 Å². The fourth-order valence-electron chi connectivity index (χ4n) is 2.89. The molecule has 1 aromatic heterocycles. The lowest BCUT2D eigenvalue weighted by atomic mass is 9.78. The first kappa shape index (κ1) is 13.1. The molecule has 1 aromatic rings. The van der Waals surface area contributed by atoms with Gasteiger partial charge in [0.1, 0.15) is 0 Å². The van der Waals surface area contributed by atoms with Gasteiger partial charge < -0.3 is 5.32 Å². The van der Waals surface area contributed by atoms with Gasteiger partial charge in [0.25, 0.3) is 0 Å². The molecular weight excluding hydrogens is 226 g/mol. The van der Waals surface area contributed by atoms with Crippen molar-refractivity contribution >= 4 is 11.3 Å². The summed E-state index contributed by atoms with van der Waals surface area (Å²) in [4.78, 5) is 1.61. The molecule has 1 fully saturated rings.